The summed E-state index contributed by atoms with van der Waals surface area (Å²) in [7, 11) is 0. The van der Waals surface area contributed by atoms with E-state index in [9.17, 15) is 4.79 Å². The molecule has 0 aliphatic carbocycles. The largest absolute Gasteiger partial charge is 0.338 e. The van der Waals surface area contributed by atoms with Gasteiger partial charge in [-0.25, -0.2) is 0 Å². The number of likely N-dealkylation sites (tertiary alicyclic amines) is 1. The quantitative estimate of drug-likeness (QED) is 0.655. The number of ketones is 1. The molecule has 1 saturated heterocycles. The fourth-order valence-corrected chi connectivity index (χ4v) is 3.25. The van der Waals surface area contributed by atoms with Gasteiger partial charge in [-0.05, 0) is 43.7 Å². The molecule has 1 aliphatic heterocycles. The first kappa shape index (κ1) is 16.5. The molecule has 7 heteroatoms. The van der Waals surface area contributed by atoms with Crippen LogP contribution in [0.1, 0.15) is 29.2 Å². The highest BCUT2D eigenvalue weighted by Crippen LogP contribution is 2.22. The Morgan fingerprint density at radius 3 is 3.00 bits per heavy atom. The van der Waals surface area contributed by atoms with Crippen LogP contribution in [0, 0.1) is 5.92 Å². The van der Waals surface area contributed by atoms with Crippen molar-refractivity contribution in [3.63, 3.8) is 0 Å². The molecule has 0 bridgehead atoms. The fraction of sp³-hybridized carbons (Fsp3) is 0.316. The van der Waals surface area contributed by atoms with Gasteiger partial charge >= 0.3 is 0 Å². The zero-order valence-corrected chi connectivity index (χ0v) is 14.3. The first-order valence-corrected chi connectivity index (χ1v) is 8.70. The summed E-state index contributed by atoms with van der Waals surface area (Å²) >= 11 is 0. The van der Waals surface area contributed by atoms with E-state index in [0.29, 0.717) is 30.5 Å². The number of Topliss-reactive ketones (excluding diaryl/α,β-unsaturated/α-hetero) is 1. The Morgan fingerprint density at radius 2 is 2.19 bits per heavy atom. The summed E-state index contributed by atoms with van der Waals surface area (Å²) < 4.78 is 5.37. The Kier molecular flexibility index (Phi) is 4.79. The van der Waals surface area contributed by atoms with Crippen molar-refractivity contribution in [2.75, 3.05) is 13.1 Å². The lowest BCUT2D eigenvalue weighted by molar-refractivity contribution is 0.0792. The molecule has 0 N–H and O–H groups in total. The molecule has 26 heavy (non-hydrogen) atoms. The third-order valence-electron chi connectivity index (χ3n) is 4.54. The molecule has 1 fully saturated rings. The molecule has 4 heterocycles. The van der Waals surface area contributed by atoms with Crippen LogP contribution in [-0.4, -0.2) is 43.9 Å². The van der Waals surface area contributed by atoms with Gasteiger partial charge in [0, 0.05) is 36.6 Å². The lowest BCUT2D eigenvalue weighted by Crippen LogP contribution is -2.38. The molecule has 0 aromatic carbocycles. The van der Waals surface area contributed by atoms with Crippen molar-refractivity contribution in [2.45, 2.75) is 19.4 Å². The lowest BCUT2D eigenvalue weighted by Gasteiger charge is -2.30. The van der Waals surface area contributed by atoms with Gasteiger partial charge < -0.3 is 4.52 Å². The Labute approximate surface area is 151 Å². The van der Waals surface area contributed by atoms with Gasteiger partial charge in [-0.15, -0.1) is 0 Å². The maximum atomic E-state index is 12.6. The summed E-state index contributed by atoms with van der Waals surface area (Å²) in [5.74, 6) is 1.15. The Morgan fingerprint density at radius 1 is 1.23 bits per heavy atom. The number of carbonyl (C=O) groups excluding carboxylic acids is 1. The van der Waals surface area contributed by atoms with Crippen LogP contribution < -0.4 is 0 Å². The zero-order chi connectivity index (χ0) is 17.8. The molecule has 3 aromatic rings. The number of hydrogen-bond donors (Lipinski definition) is 0. The Balaban J connectivity index is 1.41. The molecule has 7 nitrogen and oxygen atoms in total. The molecule has 1 unspecified atom stereocenters. The SMILES string of the molecule is O=C(c1ccccn1)C1CCCN(Cc2nc(-c3cccnc3)no2)C1. The van der Waals surface area contributed by atoms with Gasteiger partial charge in [0.15, 0.2) is 5.78 Å². The smallest absolute Gasteiger partial charge is 0.241 e. The summed E-state index contributed by atoms with van der Waals surface area (Å²) in [5, 5.41) is 4.02. The summed E-state index contributed by atoms with van der Waals surface area (Å²) in [6.45, 7) is 2.13. The highest BCUT2D eigenvalue weighted by molar-refractivity contribution is 5.96. The van der Waals surface area contributed by atoms with E-state index in [0.717, 1.165) is 24.9 Å². The molecule has 4 rings (SSSR count). The topological polar surface area (TPSA) is 85.0 Å². The molecule has 0 saturated carbocycles. The average Bonchev–Trinajstić information content (AvgIpc) is 3.17. The molecule has 1 aliphatic rings. The number of piperidine rings is 1. The van der Waals surface area contributed by atoms with E-state index in [1.54, 1.807) is 24.7 Å². The number of nitrogens with zero attached hydrogens (tertiary/aromatic N) is 5. The maximum Gasteiger partial charge on any atom is 0.241 e. The lowest BCUT2D eigenvalue weighted by atomic mass is 9.92. The van der Waals surface area contributed by atoms with Crippen molar-refractivity contribution in [1.29, 1.82) is 0 Å². The van der Waals surface area contributed by atoms with Gasteiger partial charge in [-0.2, -0.15) is 4.98 Å². The van der Waals surface area contributed by atoms with Gasteiger partial charge in [-0.1, -0.05) is 11.2 Å². The van der Waals surface area contributed by atoms with E-state index in [1.165, 1.54) is 0 Å². The van der Waals surface area contributed by atoms with Gasteiger partial charge in [-0.3, -0.25) is 19.7 Å². The van der Waals surface area contributed by atoms with Crippen molar-refractivity contribution in [3.8, 4) is 11.4 Å². The number of pyridine rings is 2. The second kappa shape index (κ2) is 7.53. The molecular formula is C19H19N5O2. The molecule has 132 valence electrons. The average molecular weight is 349 g/mol. The molecule has 1 atom stereocenters. The number of rotatable bonds is 5. The summed E-state index contributed by atoms with van der Waals surface area (Å²) in [4.78, 5) is 27.5. The van der Waals surface area contributed by atoms with Crippen LogP contribution in [0.15, 0.2) is 53.4 Å². The van der Waals surface area contributed by atoms with Crippen LogP contribution in [0.5, 0.6) is 0 Å². The van der Waals surface area contributed by atoms with Crippen molar-refractivity contribution in [1.82, 2.24) is 25.0 Å². The standard InChI is InChI=1S/C19H19N5O2/c25-18(16-7-1-2-9-21-16)15-6-4-10-24(12-15)13-17-22-19(23-26-17)14-5-3-8-20-11-14/h1-3,5,7-9,11,15H,4,6,10,12-13H2. The highest BCUT2D eigenvalue weighted by Gasteiger charge is 2.28. The highest BCUT2D eigenvalue weighted by atomic mass is 16.5. The predicted octanol–water partition coefficient (Wildman–Crippen LogP) is 2.62. The number of hydrogen-bond acceptors (Lipinski definition) is 7. The first-order valence-electron chi connectivity index (χ1n) is 8.70. The first-order chi connectivity index (χ1) is 12.8. The molecule has 0 spiro atoms. The van der Waals surface area contributed by atoms with Crippen LogP contribution in [0.2, 0.25) is 0 Å². The van der Waals surface area contributed by atoms with Crippen molar-refractivity contribution >= 4 is 5.78 Å². The molecule has 0 amide bonds. The minimum Gasteiger partial charge on any atom is -0.338 e. The minimum atomic E-state index is -0.0423. The normalized spacial score (nSPS) is 17.9. The third kappa shape index (κ3) is 3.67. The van der Waals surface area contributed by atoms with Crippen LogP contribution >= 0.6 is 0 Å². The fourth-order valence-electron chi connectivity index (χ4n) is 3.25. The third-order valence-corrected chi connectivity index (χ3v) is 4.54. The van der Waals surface area contributed by atoms with Crippen LogP contribution in [0.3, 0.4) is 0 Å². The second-order valence-corrected chi connectivity index (χ2v) is 6.41. The second-order valence-electron chi connectivity index (χ2n) is 6.41. The van der Waals surface area contributed by atoms with E-state index in [2.05, 4.69) is 25.0 Å². The summed E-state index contributed by atoms with van der Waals surface area (Å²) in [6, 6.07) is 9.17. The zero-order valence-electron chi connectivity index (χ0n) is 14.3. The number of carbonyl (C=O) groups is 1. The van der Waals surface area contributed by atoms with Crippen LogP contribution in [0.4, 0.5) is 0 Å². The van der Waals surface area contributed by atoms with Crippen LogP contribution in [0.25, 0.3) is 11.4 Å². The van der Waals surface area contributed by atoms with E-state index in [-0.39, 0.29) is 11.7 Å². The minimum absolute atomic E-state index is 0.0423. The molecule has 3 aromatic heterocycles. The van der Waals surface area contributed by atoms with Gasteiger partial charge in [0.2, 0.25) is 11.7 Å². The monoisotopic (exact) mass is 349 g/mol. The van der Waals surface area contributed by atoms with E-state index in [1.807, 2.05) is 24.3 Å². The maximum absolute atomic E-state index is 12.6. The number of aromatic nitrogens is 4. The molecule has 0 radical (unpaired) electrons. The van der Waals surface area contributed by atoms with Gasteiger partial charge in [0.05, 0.1) is 6.54 Å². The van der Waals surface area contributed by atoms with E-state index in [4.69, 9.17) is 4.52 Å². The van der Waals surface area contributed by atoms with E-state index >= 15 is 0 Å². The Bertz CT molecular complexity index is 866. The van der Waals surface area contributed by atoms with Gasteiger partial charge in [0.1, 0.15) is 5.69 Å². The predicted molar refractivity (Wildman–Crippen MR) is 94.1 cm³/mol. The van der Waals surface area contributed by atoms with Crippen LogP contribution in [-0.2, 0) is 6.54 Å². The summed E-state index contributed by atoms with van der Waals surface area (Å²) in [6.07, 6.45) is 6.92. The Hall–Kier alpha value is -2.93. The van der Waals surface area contributed by atoms with Crippen molar-refractivity contribution < 1.29 is 9.32 Å². The van der Waals surface area contributed by atoms with Crippen molar-refractivity contribution in [2.24, 2.45) is 5.92 Å². The van der Waals surface area contributed by atoms with Gasteiger partial charge in [0.25, 0.3) is 0 Å². The van der Waals surface area contributed by atoms with Crippen molar-refractivity contribution in [3.05, 3.63) is 60.5 Å². The van der Waals surface area contributed by atoms with E-state index < -0.39 is 0 Å². The summed E-state index contributed by atoms with van der Waals surface area (Å²) in [5.41, 5.74) is 1.36. The molecular weight excluding hydrogens is 330 g/mol.